The molecule has 3 rings (SSSR count). The van der Waals surface area contributed by atoms with Crippen molar-refractivity contribution in [2.45, 2.75) is 64.7 Å². The molecule has 0 unspecified atom stereocenters. The molecular weight excluding hydrogens is 298 g/mol. The van der Waals surface area contributed by atoms with Gasteiger partial charge in [-0.15, -0.1) is 0 Å². The van der Waals surface area contributed by atoms with Crippen LogP contribution in [0.15, 0.2) is 24.3 Å². The molecule has 128 valence electrons. The molecule has 0 aliphatic heterocycles. The summed E-state index contributed by atoms with van der Waals surface area (Å²) in [7, 11) is 0. The van der Waals surface area contributed by atoms with Crippen molar-refractivity contribution in [3.8, 4) is 0 Å². The molecule has 0 saturated heterocycles. The topological polar surface area (TPSA) is 53.1 Å². The van der Waals surface area contributed by atoms with Crippen LogP contribution in [-0.2, 0) is 17.3 Å². The van der Waals surface area contributed by atoms with Crippen LogP contribution in [0.25, 0.3) is 0 Å². The van der Waals surface area contributed by atoms with Crippen LogP contribution in [0.2, 0.25) is 0 Å². The maximum atomic E-state index is 11.1. The first-order valence-corrected chi connectivity index (χ1v) is 8.66. The summed E-state index contributed by atoms with van der Waals surface area (Å²) in [5.74, 6) is -0.911. The van der Waals surface area contributed by atoms with Crippen molar-refractivity contribution >= 4 is 5.97 Å². The number of nitrogens with one attached hydrogen (secondary N) is 1. The Balaban J connectivity index is 2.02. The fourth-order valence-corrected chi connectivity index (χ4v) is 3.83. The van der Waals surface area contributed by atoms with Gasteiger partial charge in [0, 0.05) is 12.1 Å². The lowest BCUT2D eigenvalue weighted by Crippen LogP contribution is -2.34. The minimum Gasteiger partial charge on any atom is -0.477 e. The molecule has 0 atom stereocenters. The smallest absolute Gasteiger partial charge is 0.352 e. The van der Waals surface area contributed by atoms with E-state index in [4.69, 9.17) is 5.11 Å². The number of fused-ring (bicyclic) bond motifs is 1. The normalized spacial score (nSPS) is 18.2. The molecule has 1 aliphatic carbocycles. The van der Waals surface area contributed by atoms with Crippen molar-refractivity contribution < 1.29 is 9.90 Å². The molecule has 0 fully saturated rings. The first kappa shape index (κ1) is 16.8. The third-order valence-corrected chi connectivity index (χ3v) is 5.67. The van der Waals surface area contributed by atoms with E-state index in [0.717, 1.165) is 12.1 Å². The van der Waals surface area contributed by atoms with E-state index >= 15 is 0 Å². The SMILES string of the molecule is Cc1cc2c(cc1Cc1ccc(C(=O)O)[nH]1)C(C)(C)CCC2(C)C. The number of rotatable bonds is 3. The van der Waals surface area contributed by atoms with Gasteiger partial charge in [-0.05, 0) is 65.0 Å². The van der Waals surface area contributed by atoms with Crippen molar-refractivity contribution in [2.24, 2.45) is 0 Å². The predicted molar refractivity (Wildman–Crippen MR) is 97.0 cm³/mol. The quantitative estimate of drug-likeness (QED) is 0.838. The molecule has 24 heavy (non-hydrogen) atoms. The Kier molecular flexibility index (Phi) is 3.86. The second-order valence-corrected chi connectivity index (χ2v) is 8.47. The number of benzene rings is 1. The second-order valence-electron chi connectivity index (χ2n) is 8.47. The molecule has 0 saturated carbocycles. The number of carboxylic acids is 1. The average Bonchev–Trinajstić information content (AvgIpc) is 2.94. The van der Waals surface area contributed by atoms with Crippen molar-refractivity contribution in [2.75, 3.05) is 0 Å². The summed E-state index contributed by atoms with van der Waals surface area (Å²) >= 11 is 0. The van der Waals surface area contributed by atoms with Crippen LogP contribution in [-0.4, -0.2) is 16.1 Å². The van der Waals surface area contributed by atoms with Crippen LogP contribution in [0.3, 0.4) is 0 Å². The third kappa shape index (κ3) is 2.88. The minimum absolute atomic E-state index is 0.190. The number of carbonyl (C=O) groups is 1. The van der Waals surface area contributed by atoms with Gasteiger partial charge in [-0.1, -0.05) is 39.8 Å². The van der Waals surface area contributed by atoms with Gasteiger partial charge >= 0.3 is 5.97 Å². The number of aromatic amines is 1. The molecule has 1 aromatic heterocycles. The molecule has 3 heteroatoms. The van der Waals surface area contributed by atoms with Crippen LogP contribution in [0.4, 0.5) is 0 Å². The molecule has 0 radical (unpaired) electrons. The zero-order chi connectivity index (χ0) is 17.7. The maximum absolute atomic E-state index is 11.1. The number of carboxylic acid groups (broad SMARTS) is 1. The third-order valence-electron chi connectivity index (χ3n) is 5.67. The van der Waals surface area contributed by atoms with Gasteiger partial charge < -0.3 is 10.1 Å². The van der Waals surface area contributed by atoms with E-state index in [9.17, 15) is 4.79 Å². The van der Waals surface area contributed by atoms with E-state index < -0.39 is 5.97 Å². The average molecular weight is 325 g/mol. The van der Waals surface area contributed by atoms with E-state index in [-0.39, 0.29) is 16.5 Å². The highest BCUT2D eigenvalue weighted by Gasteiger charge is 2.37. The number of aromatic carboxylic acids is 1. The van der Waals surface area contributed by atoms with Crippen LogP contribution in [0.1, 0.15) is 79.0 Å². The number of aryl methyl sites for hydroxylation is 1. The highest BCUT2D eigenvalue weighted by molar-refractivity contribution is 5.85. The lowest BCUT2D eigenvalue weighted by Gasteiger charge is -2.42. The maximum Gasteiger partial charge on any atom is 0.352 e. The molecule has 2 N–H and O–H groups in total. The zero-order valence-corrected chi connectivity index (χ0v) is 15.3. The fraction of sp³-hybridized carbons (Fsp3) is 0.476. The van der Waals surface area contributed by atoms with Gasteiger partial charge in [-0.25, -0.2) is 4.79 Å². The highest BCUT2D eigenvalue weighted by atomic mass is 16.4. The Hall–Kier alpha value is -2.03. The molecule has 0 bridgehead atoms. The van der Waals surface area contributed by atoms with Crippen LogP contribution < -0.4 is 0 Å². The number of H-pyrrole nitrogens is 1. The summed E-state index contributed by atoms with van der Waals surface area (Å²) < 4.78 is 0. The van der Waals surface area contributed by atoms with Gasteiger partial charge in [0.05, 0.1) is 0 Å². The van der Waals surface area contributed by atoms with Crippen LogP contribution in [0.5, 0.6) is 0 Å². The molecule has 1 aromatic carbocycles. The molecule has 1 aliphatic rings. The Bertz CT molecular complexity index is 796. The number of aromatic nitrogens is 1. The zero-order valence-electron chi connectivity index (χ0n) is 15.3. The van der Waals surface area contributed by atoms with Gasteiger partial charge in [0.15, 0.2) is 0 Å². The molecule has 2 aromatic rings. The molecular formula is C21H27NO2. The van der Waals surface area contributed by atoms with Crippen LogP contribution in [0, 0.1) is 6.92 Å². The Morgan fingerprint density at radius 2 is 1.67 bits per heavy atom. The Morgan fingerprint density at radius 1 is 1.08 bits per heavy atom. The van der Waals surface area contributed by atoms with Gasteiger partial charge in [0.1, 0.15) is 5.69 Å². The van der Waals surface area contributed by atoms with Crippen LogP contribution >= 0.6 is 0 Å². The molecule has 0 spiro atoms. The summed E-state index contributed by atoms with van der Waals surface area (Å²) in [4.78, 5) is 14.1. The first-order chi connectivity index (χ1) is 11.1. The number of hydrogen-bond acceptors (Lipinski definition) is 1. The Morgan fingerprint density at radius 3 is 2.21 bits per heavy atom. The van der Waals surface area contributed by atoms with Gasteiger partial charge in [-0.3, -0.25) is 0 Å². The van der Waals surface area contributed by atoms with E-state index in [1.54, 1.807) is 6.07 Å². The van der Waals surface area contributed by atoms with E-state index in [1.165, 1.54) is 35.1 Å². The summed E-state index contributed by atoms with van der Waals surface area (Å²) in [6.45, 7) is 11.5. The van der Waals surface area contributed by atoms with Crippen molar-refractivity contribution in [3.63, 3.8) is 0 Å². The van der Waals surface area contributed by atoms with E-state index in [2.05, 4.69) is 51.7 Å². The fourth-order valence-electron chi connectivity index (χ4n) is 3.83. The van der Waals surface area contributed by atoms with Gasteiger partial charge in [0.25, 0.3) is 0 Å². The van der Waals surface area contributed by atoms with Gasteiger partial charge in [-0.2, -0.15) is 0 Å². The van der Waals surface area contributed by atoms with Crippen molar-refractivity contribution in [1.82, 2.24) is 4.98 Å². The summed E-state index contributed by atoms with van der Waals surface area (Å²) in [6.07, 6.45) is 3.15. The molecule has 0 amide bonds. The largest absolute Gasteiger partial charge is 0.477 e. The lowest BCUT2D eigenvalue weighted by molar-refractivity contribution is 0.0691. The van der Waals surface area contributed by atoms with Gasteiger partial charge in [0.2, 0.25) is 0 Å². The Labute approximate surface area is 144 Å². The summed E-state index contributed by atoms with van der Waals surface area (Å²) in [6, 6.07) is 8.22. The lowest BCUT2D eigenvalue weighted by atomic mass is 9.62. The van der Waals surface area contributed by atoms with E-state index in [1.807, 2.05) is 6.07 Å². The summed E-state index contributed by atoms with van der Waals surface area (Å²) in [5.41, 5.74) is 7.09. The first-order valence-electron chi connectivity index (χ1n) is 8.66. The predicted octanol–water partition coefficient (Wildman–Crippen LogP) is 4.96. The van der Waals surface area contributed by atoms with Crippen molar-refractivity contribution in [3.05, 3.63) is 57.9 Å². The standard InChI is InChI=1S/C21H27NO2/c1-13-10-16-17(21(4,5)9-8-20(16,2)3)12-14(13)11-15-6-7-18(22-15)19(23)24/h6-7,10,12,22H,8-9,11H2,1-5H3,(H,23,24). The number of hydrogen-bond donors (Lipinski definition) is 2. The molecule has 1 heterocycles. The minimum atomic E-state index is -0.911. The highest BCUT2D eigenvalue weighted by Crippen LogP contribution is 2.46. The van der Waals surface area contributed by atoms with E-state index in [0.29, 0.717) is 0 Å². The monoisotopic (exact) mass is 325 g/mol. The van der Waals surface area contributed by atoms with Crippen molar-refractivity contribution in [1.29, 1.82) is 0 Å². The molecule has 3 nitrogen and oxygen atoms in total. The summed E-state index contributed by atoms with van der Waals surface area (Å²) in [5, 5.41) is 9.07. The second kappa shape index (κ2) is 5.51.